The molecule has 5 aromatic rings. The van der Waals surface area contributed by atoms with Crippen LogP contribution < -0.4 is 0 Å². The average molecular weight is 349 g/mol. The molecule has 0 aliphatic rings. The molecule has 27 heavy (non-hydrogen) atoms. The number of fused-ring (bicyclic) bond motifs is 1. The van der Waals surface area contributed by atoms with Crippen LogP contribution in [0.5, 0.6) is 0 Å². The van der Waals surface area contributed by atoms with Crippen LogP contribution in [0, 0.1) is 0 Å². The van der Waals surface area contributed by atoms with Crippen molar-refractivity contribution in [2.45, 2.75) is 0 Å². The van der Waals surface area contributed by atoms with Crippen molar-refractivity contribution in [1.82, 2.24) is 25.1 Å². The van der Waals surface area contributed by atoms with E-state index in [2.05, 4.69) is 39.4 Å². The van der Waals surface area contributed by atoms with Gasteiger partial charge in [0.15, 0.2) is 11.6 Å². The lowest BCUT2D eigenvalue weighted by Crippen LogP contribution is -1.91. The highest BCUT2D eigenvalue weighted by molar-refractivity contribution is 5.95. The molecule has 0 spiro atoms. The molecule has 0 saturated heterocycles. The molecule has 0 aliphatic heterocycles. The normalized spacial score (nSPS) is 11.0. The van der Waals surface area contributed by atoms with Gasteiger partial charge in [0.05, 0.1) is 11.2 Å². The molecule has 5 heteroatoms. The van der Waals surface area contributed by atoms with Crippen molar-refractivity contribution >= 4 is 10.9 Å². The molecule has 0 amide bonds. The second-order valence-corrected chi connectivity index (χ2v) is 6.19. The highest BCUT2D eigenvalue weighted by Crippen LogP contribution is 2.31. The topological polar surface area (TPSA) is 67.3 Å². The van der Waals surface area contributed by atoms with Crippen molar-refractivity contribution in [3.63, 3.8) is 0 Å². The first-order valence-electron chi connectivity index (χ1n) is 8.67. The summed E-state index contributed by atoms with van der Waals surface area (Å²) in [6.45, 7) is 0. The summed E-state index contributed by atoms with van der Waals surface area (Å²) in [7, 11) is 0. The molecule has 5 rings (SSSR count). The Morgan fingerprint density at radius 3 is 2.41 bits per heavy atom. The summed E-state index contributed by atoms with van der Waals surface area (Å²) < 4.78 is 0. The maximum absolute atomic E-state index is 4.82. The van der Waals surface area contributed by atoms with Gasteiger partial charge in [-0.1, -0.05) is 48.5 Å². The lowest BCUT2D eigenvalue weighted by atomic mass is 10.0. The van der Waals surface area contributed by atoms with Crippen LogP contribution in [0.3, 0.4) is 0 Å². The number of aromatic nitrogens is 5. The minimum atomic E-state index is 0.625. The first kappa shape index (κ1) is 15.4. The van der Waals surface area contributed by atoms with Gasteiger partial charge in [-0.3, -0.25) is 10.1 Å². The Kier molecular flexibility index (Phi) is 3.68. The third kappa shape index (κ3) is 2.85. The van der Waals surface area contributed by atoms with Crippen LogP contribution >= 0.6 is 0 Å². The van der Waals surface area contributed by atoms with Gasteiger partial charge in [-0.2, -0.15) is 5.10 Å². The van der Waals surface area contributed by atoms with E-state index in [1.165, 1.54) is 0 Å². The first-order valence-corrected chi connectivity index (χ1v) is 8.67. The number of para-hydroxylation sites is 1. The molecular weight excluding hydrogens is 334 g/mol. The van der Waals surface area contributed by atoms with E-state index in [-0.39, 0.29) is 0 Å². The van der Waals surface area contributed by atoms with Crippen LogP contribution in [-0.2, 0) is 0 Å². The number of hydrogen-bond donors (Lipinski definition) is 1. The first-order chi connectivity index (χ1) is 13.4. The molecule has 0 saturated carbocycles. The Morgan fingerprint density at radius 2 is 1.56 bits per heavy atom. The molecule has 0 bridgehead atoms. The van der Waals surface area contributed by atoms with Gasteiger partial charge in [-0.25, -0.2) is 9.97 Å². The number of rotatable bonds is 3. The van der Waals surface area contributed by atoms with E-state index in [1.807, 2.05) is 48.5 Å². The van der Waals surface area contributed by atoms with E-state index in [0.29, 0.717) is 11.6 Å². The van der Waals surface area contributed by atoms with E-state index in [1.54, 1.807) is 12.4 Å². The number of nitrogens with one attached hydrogen (secondary N) is 1. The van der Waals surface area contributed by atoms with E-state index in [4.69, 9.17) is 9.97 Å². The Balaban J connectivity index is 1.70. The van der Waals surface area contributed by atoms with Gasteiger partial charge in [-0.05, 0) is 24.3 Å². The minimum Gasteiger partial charge on any atom is -0.264 e. The molecule has 1 N–H and O–H groups in total. The SMILES string of the molecule is c1ccc(-c2cc(-c3nc(-c4cccnc4)n[nH]3)c3ccccc3n2)cc1. The van der Waals surface area contributed by atoms with Crippen molar-refractivity contribution in [3.05, 3.63) is 85.2 Å². The standard InChI is InChI=1S/C22H15N5/c1-2-7-15(8-3-1)20-13-18(17-10-4-5-11-19(17)24-20)22-25-21(26-27-22)16-9-6-12-23-14-16/h1-14H,(H,25,26,27). The van der Waals surface area contributed by atoms with Crippen LogP contribution in [0.4, 0.5) is 0 Å². The van der Waals surface area contributed by atoms with E-state index in [0.717, 1.165) is 33.3 Å². The summed E-state index contributed by atoms with van der Waals surface area (Å²) in [5.74, 6) is 1.34. The molecule has 0 atom stereocenters. The molecule has 0 fully saturated rings. The molecule has 2 aromatic carbocycles. The molecule has 3 aromatic heterocycles. The number of aromatic amines is 1. The van der Waals surface area contributed by atoms with Crippen LogP contribution in [0.25, 0.3) is 44.9 Å². The van der Waals surface area contributed by atoms with Crippen LogP contribution in [0.2, 0.25) is 0 Å². The zero-order chi connectivity index (χ0) is 18.1. The molecule has 5 nitrogen and oxygen atoms in total. The van der Waals surface area contributed by atoms with Gasteiger partial charge in [-0.15, -0.1) is 0 Å². The largest absolute Gasteiger partial charge is 0.264 e. The maximum Gasteiger partial charge on any atom is 0.183 e. The highest BCUT2D eigenvalue weighted by Gasteiger charge is 2.13. The molecular formula is C22H15N5. The number of nitrogens with zero attached hydrogens (tertiary/aromatic N) is 4. The predicted molar refractivity (Wildman–Crippen MR) is 106 cm³/mol. The summed E-state index contributed by atoms with van der Waals surface area (Å²) in [6.07, 6.45) is 3.49. The maximum atomic E-state index is 4.82. The number of benzene rings is 2. The van der Waals surface area contributed by atoms with Crippen molar-refractivity contribution in [1.29, 1.82) is 0 Å². The molecule has 0 unspecified atom stereocenters. The van der Waals surface area contributed by atoms with Crippen molar-refractivity contribution < 1.29 is 0 Å². The molecule has 0 aliphatic carbocycles. The fourth-order valence-corrected chi connectivity index (χ4v) is 3.13. The second kappa shape index (κ2) is 6.46. The Morgan fingerprint density at radius 1 is 0.741 bits per heavy atom. The van der Waals surface area contributed by atoms with Gasteiger partial charge in [0.2, 0.25) is 0 Å². The Hall–Kier alpha value is -3.86. The van der Waals surface area contributed by atoms with Crippen LogP contribution in [0.15, 0.2) is 85.2 Å². The Labute approximate surface area is 155 Å². The van der Waals surface area contributed by atoms with Gasteiger partial charge < -0.3 is 0 Å². The number of pyridine rings is 2. The second-order valence-electron chi connectivity index (χ2n) is 6.19. The van der Waals surface area contributed by atoms with Gasteiger partial charge in [0.25, 0.3) is 0 Å². The summed E-state index contributed by atoms with van der Waals surface area (Å²) in [4.78, 5) is 13.7. The zero-order valence-corrected chi connectivity index (χ0v) is 14.4. The lowest BCUT2D eigenvalue weighted by Gasteiger charge is -2.08. The van der Waals surface area contributed by atoms with Gasteiger partial charge in [0.1, 0.15) is 0 Å². The molecule has 0 radical (unpaired) electrons. The Bertz CT molecular complexity index is 1210. The smallest absolute Gasteiger partial charge is 0.183 e. The van der Waals surface area contributed by atoms with Crippen LogP contribution in [0.1, 0.15) is 0 Å². The predicted octanol–water partition coefficient (Wildman–Crippen LogP) is 4.75. The monoisotopic (exact) mass is 349 g/mol. The van der Waals surface area contributed by atoms with E-state index < -0.39 is 0 Å². The molecule has 3 heterocycles. The lowest BCUT2D eigenvalue weighted by molar-refractivity contribution is 1.10. The van der Waals surface area contributed by atoms with Gasteiger partial charge >= 0.3 is 0 Å². The summed E-state index contributed by atoms with van der Waals surface area (Å²) in [6, 6.07) is 24.1. The van der Waals surface area contributed by atoms with E-state index in [9.17, 15) is 0 Å². The zero-order valence-electron chi connectivity index (χ0n) is 14.4. The van der Waals surface area contributed by atoms with Crippen LogP contribution in [-0.4, -0.2) is 25.1 Å². The summed E-state index contributed by atoms with van der Waals surface area (Å²) in [5, 5.41) is 8.48. The van der Waals surface area contributed by atoms with E-state index >= 15 is 0 Å². The quantitative estimate of drug-likeness (QED) is 0.510. The van der Waals surface area contributed by atoms with Crippen molar-refractivity contribution in [2.75, 3.05) is 0 Å². The summed E-state index contributed by atoms with van der Waals surface area (Å²) >= 11 is 0. The van der Waals surface area contributed by atoms with Crippen molar-refractivity contribution in [3.8, 4) is 34.0 Å². The third-order valence-electron chi connectivity index (χ3n) is 4.45. The molecule has 128 valence electrons. The number of H-pyrrole nitrogens is 1. The van der Waals surface area contributed by atoms with Gasteiger partial charge in [0, 0.05) is 34.5 Å². The minimum absolute atomic E-state index is 0.625. The fourth-order valence-electron chi connectivity index (χ4n) is 3.13. The number of hydrogen-bond acceptors (Lipinski definition) is 4. The fraction of sp³-hybridized carbons (Fsp3) is 0. The summed E-state index contributed by atoms with van der Waals surface area (Å²) in [5.41, 5.74) is 4.75. The average Bonchev–Trinajstić information content (AvgIpc) is 3.24. The highest BCUT2D eigenvalue weighted by atomic mass is 15.2. The van der Waals surface area contributed by atoms with Crippen molar-refractivity contribution in [2.24, 2.45) is 0 Å². The third-order valence-corrected chi connectivity index (χ3v) is 4.45.